The highest BCUT2D eigenvalue weighted by atomic mass is 32.2. The summed E-state index contributed by atoms with van der Waals surface area (Å²) in [6, 6.07) is 16.0. The first-order valence-corrected chi connectivity index (χ1v) is 11.2. The lowest BCUT2D eigenvalue weighted by Crippen LogP contribution is -2.43. The smallest absolute Gasteiger partial charge is 0.331 e. The highest BCUT2D eigenvalue weighted by molar-refractivity contribution is 7.91. The minimum atomic E-state index is -3.17. The molecule has 0 radical (unpaired) electrons. The van der Waals surface area contributed by atoms with E-state index in [9.17, 15) is 18.0 Å². The van der Waals surface area contributed by atoms with Crippen molar-refractivity contribution in [2.45, 2.75) is 19.4 Å². The van der Waals surface area contributed by atoms with Crippen LogP contribution in [0, 0.1) is 6.92 Å². The van der Waals surface area contributed by atoms with Gasteiger partial charge in [0.15, 0.2) is 16.4 Å². The maximum Gasteiger partial charge on any atom is 0.331 e. The summed E-state index contributed by atoms with van der Waals surface area (Å²) in [5, 5.41) is 0. The highest BCUT2D eigenvalue weighted by Gasteiger charge is 2.35. The van der Waals surface area contributed by atoms with Crippen LogP contribution < -0.4 is 4.90 Å². The zero-order chi connectivity index (χ0) is 20.9. The molecule has 1 atom stereocenters. The van der Waals surface area contributed by atoms with Crippen molar-refractivity contribution in [2.75, 3.05) is 23.0 Å². The van der Waals surface area contributed by atoms with Crippen LogP contribution in [0.4, 0.5) is 5.69 Å². The van der Waals surface area contributed by atoms with Gasteiger partial charge in [-0.15, -0.1) is 0 Å². The number of benzene rings is 2. The Bertz CT molecular complexity index is 1010. The van der Waals surface area contributed by atoms with Gasteiger partial charge in [0.1, 0.15) is 0 Å². The second-order valence-electron chi connectivity index (χ2n) is 7.01. The Morgan fingerprint density at radius 3 is 2.55 bits per heavy atom. The monoisotopic (exact) mass is 413 g/mol. The molecule has 7 heteroatoms. The van der Waals surface area contributed by atoms with Gasteiger partial charge < -0.3 is 9.64 Å². The van der Waals surface area contributed by atoms with Crippen LogP contribution in [0.1, 0.15) is 17.5 Å². The summed E-state index contributed by atoms with van der Waals surface area (Å²) in [7, 11) is -3.17. The number of amides is 1. The molecular weight excluding hydrogens is 390 g/mol. The first-order valence-electron chi connectivity index (χ1n) is 9.33. The van der Waals surface area contributed by atoms with Crippen molar-refractivity contribution in [3.05, 3.63) is 71.8 Å². The molecule has 152 valence electrons. The molecule has 1 aliphatic heterocycles. The van der Waals surface area contributed by atoms with Crippen LogP contribution >= 0.6 is 0 Å². The van der Waals surface area contributed by atoms with Crippen LogP contribution in [0.15, 0.2) is 60.7 Å². The molecule has 0 aliphatic carbocycles. The molecule has 0 spiro atoms. The minimum absolute atomic E-state index is 0.0489. The highest BCUT2D eigenvalue weighted by Crippen LogP contribution is 2.24. The van der Waals surface area contributed by atoms with E-state index in [0.717, 1.165) is 11.1 Å². The van der Waals surface area contributed by atoms with E-state index in [-0.39, 0.29) is 11.5 Å². The number of carbonyl (C=O) groups is 2. The Labute approximate surface area is 170 Å². The van der Waals surface area contributed by atoms with Gasteiger partial charge in [0.2, 0.25) is 0 Å². The number of sulfone groups is 1. The molecule has 1 aliphatic rings. The van der Waals surface area contributed by atoms with Crippen LogP contribution in [0.25, 0.3) is 6.08 Å². The number of aryl methyl sites for hydroxylation is 1. The van der Waals surface area contributed by atoms with E-state index in [1.807, 2.05) is 37.3 Å². The lowest BCUT2D eigenvalue weighted by Gasteiger charge is -2.28. The van der Waals surface area contributed by atoms with E-state index in [1.54, 1.807) is 30.3 Å². The van der Waals surface area contributed by atoms with Crippen molar-refractivity contribution in [3.63, 3.8) is 0 Å². The second-order valence-corrected chi connectivity index (χ2v) is 9.24. The van der Waals surface area contributed by atoms with Gasteiger partial charge in [0, 0.05) is 11.8 Å². The van der Waals surface area contributed by atoms with Gasteiger partial charge in [-0.1, -0.05) is 48.0 Å². The molecule has 6 nitrogen and oxygen atoms in total. The predicted molar refractivity (Wildman–Crippen MR) is 112 cm³/mol. The number of hydrogen-bond donors (Lipinski definition) is 0. The van der Waals surface area contributed by atoms with Crippen LogP contribution in [-0.4, -0.2) is 44.4 Å². The molecule has 1 fully saturated rings. The molecule has 1 heterocycles. The van der Waals surface area contributed by atoms with Crippen molar-refractivity contribution in [1.29, 1.82) is 0 Å². The van der Waals surface area contributed by atoms with Crippen molar-refractivity contribution in [2.24, 2.45) is 0 Å². The Kier molecular flexibility index (Phi) is 6.49. The lowest BCUT2D eigenvalue weighted by molar-refractivity contribution is -0.143. The third kappa shape index (κ3) is 5.77. The third-order valence-electron chi connectivity index (χ3n) is 4.67. The fraction of sp³-hybridized carbons (Fsp3) is 0.273. The largest absolute Gasteiger partial charge is 0.452 e. The molecule has 29 heavy (non-hydrogen) atoms. The number of esters is 1. The number of hydrogen-bond acceptors (Lipinski definition) is 5. The van der Waals surface area contributed by atoms with Crippen molar-refractivity contribution < 1.29 is 22.7 Å². The van der Waals surface area contributed by atoms with Gasteiger partial charge in [-0.2, -0.15) is 0 Å². The standard InChI is InChI=1S/C22H23NO5S/c1-17-6-5-7-18(14-17)10-11-22(25)28-15-21(24)23(19-8-3-2-4-9-19)20-12-13-29(26,27)16-20/h2-11,14,20H,12-13,15-16H2,1H3/b11-10+/t20-/m1/s1. The Morgan fingerprint density at radius 2 is 1.90 bits per heavy atom. The topological polar surface area (TPSA) is 80.8 Å². The number of ether oxygens (including phenoxy) is 1. The zero-order valence-corrected chi connectivity index (χ0v) is 17.0. The number of carbonyl (C=O) groups excluding carboxylic acids is 2. The van der Waals surface area contributed by atoms with Gasteiger partial charge in [-0.3, -0.25) is 4.79 Å². The van der Waals surface area contributed by atoms with Gasteiger partial charge in [0.05, 0.1) is 17.5 Å². The zero-order valence-electron chi connectivity index (χ0n) is 16.2. The van der Waals surface area contributed by atoms with Crippen LogP contribution in [-0.2, 0) is 24.2 Å². The van der Waals surface area contributed by atoms with Gasteiger partial charge in [-0.05, 0) is 37.1 Å². The van der Waals surface area contributed by atoms with Crippen LogP contribution in [0.2, 0.25) is 0 Å². The molecule has 2 aromatic carbocycles. The van der Waals surface area contributed by atoms with E-state index in [2.05, 4.69) is 0 Å². The van der Waals surface area contributed by atoms with Gasteiger partial charge in [0.25, 0.3) is 5.91 Å². The van der Waals surface area contributed by atoms with E-state index in [1.165, 1.54) is 11.0 Å². The third-order valence-corrected chi connectivity index (χ3v) is 6.42. The quantitative estimate of drug-likeness (QED) is 0.537. The molecule has 1 saturated heterocycles. The average Bonchev–Trinajstić information content (AvgIpc) is 3.05. The first kappa shape index (κ1) is 20.8. The molecule has 1 amide bonds. The summed E-state index contributed by atoms with van der Waals surface area (Å²) in [6.07, 6.45) is 3.26. The van der Waals surface area contributed by atoms with Gasteiger partial charge >= 0.3 is 5.97 Å². The van der Waals surface area contributed by atoms with Gasteiger partial charge in [-0.25, -0.2) is 13.2 Å². The minimum Gasteiger partial charge on any atom is -0.452 e. The van der Waals surface area contributed by atoms with E-state index >= 15 is 0 Å². The molecule has 0 N–H and O–H groups in total. The molecule has 0 unspecified atom stereocenters. The molecule has 0 saturated carbocycles. The molecule has 2 aromatic rings. The number of nitrogens with zero attached hydrogens (tertiary/aromatic N) is 1. The Balaban J connectivity index is 1.66. The fourth-order valence-corrected chi connectivity index (χ4v) is 5.01. The Morgan fingerprint density at radius 1 is 1.14 bits per heavy atom. The van der Waals surface area contributed by atoms with Crippen LogP contribution in [0.3, 0.4) is 0 Å². The number of rotatable bonds is 6. The summed E-state index contributed by atoms with van der Waals surface area (Å²) in [5.74, 6) is -1.12. The number of anilines is 1. The summed E-state index contributed by atoms with van der Waals surface area (Å²) in [5.41, 5.74) is 2.52. The molecule has 0 bridgehead atoms. The first-order chi connectivity index (χ1) is 13.8. The normalized spacial score (nSPS) is 17.9. The maximum atomic E-state index is 12.8. The van der Waals surface area contributed by atoms with E-state index in [4.69, 9.17) is 4.74 Å². The fourth-order valence-electron chi connectivity index (χ4n) is 3.31. The molecular formula is C22H23NO5S. The molecule has 0 aromatic heterocycles. The summed E-state index contributed by atoms with van der Waals surface area (Å²) >= 11 is 0. The van der Waals surface area contributed by atoms with E-state index < -0.39 is 34.4 Å². The average molecular weight is 413 g/mol. The van der Waals surface area contributed by atoms with Crippen molar-refractivity contribution in [1.82, 2.24) is 0 Å². The summed E-state index contributed by atoms with van der Waals surface area (Å²) in [4.78, 5) is 26.2. The second kappa shape index (κ2) is 9.05. The lowest BCUT2D eigenvalue weighted by atomic mass is 10.1. The van der Waals surface area contributed by atoms with Crippen molar-refractivity contribution in [3.8, 4) is 0 Å². The van der Waals surface area contributed by atoms with Crippen molar-refractivity contribution >= 4 is 33.5 Å². The molecule has 3 rings (SSSR count). The maximum absolute atomic E-state index is 12.8. The predicted octanol–water partition coefficient (Wildman–Crippen LogP) is 2.77. The summed E-state index contributed by atoms with van der Waals surface area (Å²) in [6.45, 7) is 1.50. The summed E-state index contributed by atoms with van der Waals surface area (Å²) < 4.78 is 28.9. The number of para-hydroxylation sites is 1. The van der Waals surface area contributed by atoms with E-state index in [0.29, 0.717) is 12.1 Å². The SMILES string of the molecule is Cc1cccc(/C=C/C(=O)OCC(=O)N(c2ccccc2)[C@@H]2CCS(=O)(=O)C2)c1. The Hall–Kier alpha value is -2.93. The van der Waals surface area contributed by atoms with Crippen LogP contribution in [0.5, 0.6) is 0 Å².